The SMILES string of the molecule is Cc1ccc(C(=O)NC2CC2)cc1NC(=O)NCC(O)COc1cccc(C(F)(F)F)c1. The van der Waals surface area contributed by atoms with Gasteiger partial charge in [0.2, 0.25) is 0 Å². The van der Waals surface area contributed by atoms with Gasteiger partial charge in [-0.3, -0.25) is 4.79 Å². The summed E-state index contributed by atoms with van der Waals surface area (Å²) >= 11 is 0. The van der Waals surface area contributed by atoms with E-state index >= 15 is 0 Å². The number of alkyl halides is 3. The van der Waals surface area contributed by atoms with Crippen LogP contribution in [0.2, 0.25) is 0 Å². The van der Waals surface area contributed by atoms with Gasteiger partial charge in [0, 0.05) is 23.8 Å². The number of anilines is 1. The van der Waals surface area contributed by atoms with Crippen LogP contribution in [-0.4, -0.2) is 42.3 Å². The van der Waals surface area contributed by atoms with Crippen molar-refractivity contribution >= 4 is 17.6 Å². The average Bonchev–Trinajstić information content (AvgIpc) is 3.56. The van der Waals surface area contributed by atoms with Crippen LogP contribution in [0.4, 0.5) is 23.7 Å². The molecule has 0 radical (unpaired) electrons. The number of aliphatic hydroxyl groups is 1. The van der Waals surface area contributed by atoms with E-state index in [1.807, 2.05) is 0 Å². The van der Waals surface area contributed by atoms with Crippen LogP contribution >= 0.6 is 0 Å². The van der Waals surface area contributed by atoms with Crippen LogP contribution in [0, 0.1) is 6.92 Å². The van der Waals surface area contributed by atoms with Gasteiger partial charge >= 0.3 is 12.2 Å². The fourth-order valence-corrected chi connectivity index (χ4v) is 2.78. The molecule has 3 rings (SSSR count). The number of rotatable bonds is 8. The molecule has 1 aliphatic rings. The summed E-state index contributed by atoms with van der Waals surface area (Å²) in [7, 11) is 0. The summed E-state index contributed by atoms with van der Waals surface area (Å²) < 4.78 is 43.4. The summed E-state index contributed by atoms with van der Waals surface area (Å²) in [6.45, 7) is 1.28. The lowest BCUT2D eigenvalue weighted by Crippen LogP contribution is -2.37. The number of hydrogen-bond acceptors (Lipinski definition) is 4. The molecule has 1 saturated carbocycles. The van der Waals surface area contributed by atoms with Crippen molar-refractivity contribution in [3.05, 3.63) is 59.2 Å². The van der Waals surface area contributed by atoms with Crippen molar-refractivity contribution < 1.29 is 32.6 Å². The van der Waals surface area contributed by atoms with Gasteiger partial charge in [-0.15, -0.1) is 0 Å². The number of ether oxygens (including phenoxy) is 1. The molecule has 1 atom stereocenters. The second kappa shape index (κ2) is 9.90. The number of urea groups is 1. The molecule has 7 nitrogen and oxygen atoms in total. The van der Waals surface area contributed by atoms with E-state index in [0.29, 0.717) is 11.3 Å². The molecule has 0 saturated heterocycles. The topological polar surface area (TPSA) is 99.7 Å². The Kier molecular flexibility index (Phi) is 7.24. The minimum Gasteiger partial charge on any atom is -0.491 e. The Balaban J connectivity index is 1.47. The van der Waals surface area contributed by atoms with Crippen molar-refractivity contribution in [3.63, 3.8) is 0 Å². The van der Waals surface area contributed by atoms with E-state index < -0.39 is 23.9 Å². The van der Waals surface area contributed by atoms with E-state index in [-0.39, 0.29) is 30.9 Å². The van der Waals surface area contributed by atoms with Crippen LogP contribution in [0.25, 0.3) is 0 Å². The fraction of sp³-hybridized carbons (Fsp3) is 0.364. The first-order valence-corrected chi connectivity index (χ1v) is 10.1. The molecule has 172 valence electrons. The van der Waals surface area contributed by atoms with E-state index in [9.17, 15) is 27.9 Å². The van der Waals surface area contributed by atoms with Gasteiger partial charge in [0.1, 0.15) is 18.5 Å². The van der Waals surface area contributed by atoms with E-state index in [4.69, 9.17) is 4.74 Å². The second-order valence-corrected chi connectivity index (χ2v) is 7.60. The van der Waals surface area contributed by atoms with E-state index in [2.05, 4.69) is 16.0 Å². The first-order valence-electron chi connectivity index (χ1n) is 10.1. The van der Waals surface area contributed by atoms with Gasteiger partial charge in [0.15, 0.2) is 0 Å². The Morgan fingerprint density at radius 1 is 1.19 bits per heavy atom. The van der Waals surface area contributed by atoms with Gasteiger partial charge in [-0.2, -0.15) is 13.2 Å². The number of aryl methyl sites for hydroxylation is 1. The standard InChI is InChI=1S/C22H24F3N3O4/c1-13-5-6-14(20(30)27-16-7-8-16)9-19(13)28-21(31)26-11-17(29)12-32-18-4-2-3-15(10-18)22(23,24)25/h2-6,9-10,16-17,29H,7-8,11-12H2,1H3,(H,27,30)(H2,26,28,31). The van der Waals surface area contributed by atoms with E-state index in [0.717, 1.165) is 30.5 Å². The van der Waals surface area contributed by atoms with Crippen molar-refractivity contribution in [1.82, 2.24) is 10.6 Å². The van der Waals surface area contributed by atoms with Gasteiger partial charge in [-0.1, -0.05) is 12.1 Å². The zero-order chi connectivity index (χ0) is 23.3. The van der Waals surface area contributed by atoms with Crippen molar-refractivity contribution in [2.45, 2.75) is 38.1 Å². The third kappa shape index (κ3) is 6.88. The summed E-state index contributed by atoms with van der Waals surface area (Å²) in [5, 5.41) is 17.9. The molecule has 1 fully saturated rings. The largest absolute Gasteiger partial charge is 0.491 e. The van der Waals surface area contributed by atoms with Crippen molar-refractivity contribution in [2.75, 3.05) is 18.5 Å². The predicted molar refractivity (Wildman–Crippen MR) is 112 cm³/mol. The quantitative estimate of drug-likeness (QED) is 0.494. The molecular weight excluding hydrogens is 427 g/mol. The second-order valence-electron chi connectivity index (χ2n) is 7.60. The van der Waals surface area contributed by atoms with Crippen molar-refractivity contribution in [2.24, 2.45) is 0 Å². The molecule has 0 heterocycles. The van der Waals surface area contributed by atoms with Crippen LogP contribution in [0.5, 0.6) is 5.75 Å². The molecule has 2 aromatic rings. The fourth-order valence-electron chi connectivity index (χ4n) is 2.78. The number of aliphatic hydroxyl groups excluding tert-OH is 1. The Bertz CT molecular complexity index is 977. The molecule has 32 heavy (non-hydrogen) atoms. The van der Waals surface area contributed by atoms with E-state index in [1.165, 1.54) is 12.1 Å². The third-order valence-corrected chi connectivity index (χ3v) is 4.76. The number of hydrogen-bond donors (Lipinski definition) is 4. The first kappa shape index (κ1) is 23.4. The Morgan fingerprint density at radius 3 is 2.62 bits per heavy atom. The molecule has 1 unspecified atom stereocenters. The normalized spacial score (nSPS) is 14.4. The molecule has 4 N–H and O–H groups in total. The maximum atomic E-state index is 12.7. The lowest BCUT2D eigenvalue weighted by molar-refractivity contribution is -0.137. The minimum absolute atomic E-state index is 0.0414. The molecular formula is C22H24F3N3O4. The molecule has 0 bridgehead atoms. The van der Waals surface area contributed by atoms with Crippen LogP contribution in [-0.2, 0) is 6.18 Å². The third-order valence-electron chi connectivity index (χ3n) is 4.76. The van der Waals surface area contributed by atoms with Gasteiger partial charge in [0.05, 0.1) is 5.56 Å². The Morgan fingerprint density at radius 2 is 1.94 bits per heavy atom. The van der Waals surface area contributed by atoms with Crippen molar-refractivity contribution in [1.29, 1.82) is 0 Å². The van der Waals surface area contributed by atoms with Crippen LogP contribution in [0.1, 0.15) is 34.3 Å². The van der Waals surface area contributed by atoms with E-state index in [1.54, 1.807) is 25.1 Å². The highest BCUT2D eigenvalue weighted by Gasteiger charge is 2.30. The highest BCUT2D eigenvalue weighted by Crippen LogP contribution is 2.31. The summed E-state index contributed by atoms with van der Waals surface area (Å²) in [5.74, 6) is -0.252. The lowest BCUT2D eigenvalue weighted by atomic mass is 10.1. The summed E-state index contributed by atoms with van der Waals surface area (Å²) in [5.41, 5.74) is 0.759. The first-order chi connectivity index (χ1) is 15.1. The zero-order valence-corrected chi connectivity index (χ0v) is 17.3. The Hall–Kier alpha value is -3.27. The van der Waals surface area contributed by atoms with Crippen LogP contribution in [0.15, 0.2) is 42.5 Å². The number of carbonyl (C=O) groups excluding carboxylic acids is 2. The minimum atomic E-state index is -4.49. The van der Waals surface area contributed by atoms with Crippen LogP contribution < -0.4 is 20.7 Å². The number of benzene rings is 2. The van der Waals surface area contributed by atoms with Gasteiger partial charge in [0.25, 0.3) is 5.91 Å². The molecule has 3 amide bonds. The number of nitrogens with one attached hydrogen (secondary N) is 3. The maximum Gasteiger partial charge on any atom is 0.416 e. The molecule has 0 spiro atoms. The molecule has 0 aliphatic heterocycles. The highest BCUT2D eigenvalue weighted by molar-refractivity contribution is 5.97. The molecule has 10 heteroatoms. The number of halogens is 3. The van der Waals surface area contributed by atoms with Crippen molar-refractivity contribution in [3.8, 4) is 5.75 Å². The average molecular weight is 451 g/mol. The summed E-state index contributed by atoms with van der Waals surface area (Å²) in [6.07, 6.45) is -3.71. The summed E-state index contributed by atoms with van der Waals surface area (Å²) in [6, 6.07) is 8.87. The molecule has 2 aromatic carbocycles. The highest BCUT2D eigenvalue weighted by atomic mass is 19.4. The predicted octanol–water partition coefficient (Wildman–Crippen LogP) is 3.47. The summed E-state index contributed by atoms with van der Waals surface area (Å²) in [4.78, 5) is 24.3. The number of carbonyl (C=O) groups is 2. The Labute approximate surface area is 183 Å². The van der Waals surface area contributed by atoms with Gasteiger partial charge in [-0.05, 0) is 55.7 Å². The zero-order valence-electron chi connectivity index (χ0n) is 17.3. The number of amides is 3. The molecule has 0 aromatic heterocycles. The smallest absolute Gasteiger partial charge is 0.416 e. The van der Waals surface area contributed by atoms with Gasteiger partial charge < -0.3 is 25.8 Å². The monoisotopic (exact) mass is 451 g/mol. The van der Waals surface area contributed by atoms with Crippen LogP contribution in [0.3, 0.4) is 0 Å². The lowest BCUT2D eigenvalue weighted by Gasteiger charge is -2.15. The maximum absolute atomic E-state index is 12.7. The molecule has 1 aliphatic carbocycles. The van der Waals surface area contributed by atoms with Gasteiger partial charge in [-0.25, -0.2) is 4.79 Å².